The van der Waals surface area contributed by atoms with E-state index in [1.54, 1.807) is 47.0 Å². The molecule has 2 aliphatic heterocycles. The van der Waals surface area contributed by atoms with Crippen molar-refractivity contribution in [1.29, 1.82) is 5.26 Å². The van der Waals surface area contributed by atoms with E-state index in [-0.39, 0.29) is 5.88 Å². The van der Waals surface area contributed by atoms with Crippen molar-refractivity contribution in [3.05, 3.63) is 73.3 Å². The monoisotopic (exact) mass is 493 g/mol. The molecule has 0 radical (unpaired) electrons. The summed E-state index contributed by atoms with van der Waals surface area (Å²) >= 11 is 7.41. The molecule has 2 aliphatic rings. The van der Waals surface area contributed by atoms with E-state index >= 15 is 0 Å². The predicted octanol–water partition coefficient (Wildman–Crippen LogP) is 1.70. The number of fused-ring (bicyclic) bond motifs is 1. The lowest BCUT2D eigenvalue weighted by Crippen LogP contribution is -2.38. The number of ether oxygens (including phenoxy) is 1. The highest BCUT2D eigenvalue weighted by Crippen LogP contribution is 2.29. The van der Waals surface area contributed by atoms with Gasteiger partial charge in [0.05, 0.1) is 41.5 Å². The van der Waals surface area contributed by atoms with Gasteiger partial charge in [-0.15, -0.1) is 0 Å². The van der Waals surface area contributed by atoms with Gasteiger partial charge in [0.2, 0.25) is 5.88 Å². The van der Waals surface area contributed by atoms with Gasteiger partial charge in [0.15, 0.2) is 4.80 Å². The Balaban J connectivity index is 1.63. The molecule has 5 rings (SSSR count). The second kappa shape index (κ2) is 9.52. The van der Waals surface area contributed by atoms with Crippen molar-refractivity contribution in [3.8, 4) is 11.9 Å². The normalized spacial score (nSPS) is 16.4. The van der Waals surface area contributed by atoms with E-state index < -0.39 is 5.91 Å². The van der Waals surface area contributed by atoms with Crippen LogP contribution in [0.1, 0.15) is 10.4 Å². The largest absolute Gasteiger partial charge is 0.493 e. The van der Waals surface area contributed by atoms with Gasteiger partial charge in [-0.3, -0.25) is 14.3 Å². The van der Waals surface area contributed by atoms with Gasteiger partial charge in [0.25, 0.3) is 5.91 Å². The van der Waals surface area contributed by atoms with Crippen LogP contribution < -0.4 is 15.4 Å². The van der Waals surface area contributed by atoms with Crippen molar-refractivity contribution in [2.24, 2.45) is 9.98 Å². The molecule has 0 bridgehead atoms. The molecule has 2 aromatic carbocycles. The number of carbonyl (C=O) groups excluding carboxylic acids is 1. The zero-order valence-corrected chi connectivity index (χ0v) is 19.6. The number of benzene rings is 2. The maximum atomic E-state index is 12.8. The van der Waals surface area contributed by atoms with Crippen LogP contribution in [-0.4, -0.2) is 53.3 Å². The van der Waals surface area contributed by atoms with Gasteiger partial charge in [-0.1, -0.05) is 22.9 Å². The molecule has 0 unspecified atom stereocenters. The number of aromatic hydroxyl groups is 1. The number of nitrogens with zero attached hydrogens (tertiary/aromatic N) is 5. The molecule has 3 heterocycles. The van der Waals surface area contributed by atoms with E-state index in [4.69, 9.17) is 26.6 Å². The molecular weight excluding hydrogens is 474 g/mol. The number of nitriles is 1. The van der Waals surface area contributed by atoms with Crippen LogP contribution in [-0.2, 0) is 16.1 Å². The van der Waals surface area contributed by atoms with Crippen LogP contribution in [0, 0.1) is 11.3 Å². The standard InChI is InChI=1S/C24H20ClN5O3S/c25-16-3-6-19-18(13-16)20(22(31)28-19)21-23(32)30(8-7-29-9-11-33-12-10-29)24(34-21)27-17-4-1-15(14-26)2-5-17/h1-6,13,32H,7-12H2. The Kier molecular flexibility index (Phi) is 6.30. The van der Waals surface area contributed by atoms with Crippen LogP contribution in [0.2, 0.25) is 5.02 Å². The molecule has 0 spiro atoms. The quantitative estimate of drug-likeness (QED) is 0.582. The van der Waals surface area contributed by atoms with E-state index in [0.717, 1.165) is 13.1 Å². The summed E-state index contributed by atoms with van der Waals surface area (Å²) in [5, 5.41) is 21.9. The van der Waals surface area contributed by atoms with Crippen LogP contribution in [0.4, 0.5) is 5.69 Å². The van der Waals surface area contributed by atoms with Crippen LogP contribution in [0.3, 0.4) is 0 Å². The summed E-state index contributed by atoms with van der Waals surface area (Å²) in [4.78, 5) is 24.9. The maximum Gasteiger partial charge on any atom is 0.279 e. The molecule has 1 fully saturated rings. The SMILES string of the molecule is N#Cc1ccc(N=c2sc(C3=c4cc(Cl)ccc4=NC3=O)c(O)n2CCN2CCOCC2)cc1. The minimum absolute atomic E-state index is 0.0305. The Labute approximate surface area is 204 Å². The van der Waals surface area contributed by atoms with Gasteiger partial charge in [-0.25, -0.2) is 9.98 Å². The Morgan fingerprint density at radius 1 is 1.18 bits per heavy atom. The summed E-state index contributed by atoms with van der Waals surface area (Å²) < 4.78 is 7.14. The van der Waals surface area contributed by atoms with Gasteiger partial charge < -0.3 is 9.84 Å². The van der Waals surface area contributed by atoms with E-state index in [1.165, 1.54) is 11.3 Å². The third-order valence-corrected chi connectivity index (χ3v) is 7.06. The molecular formula is C24H20ClN5O3S. The fraction of sp³-hybridized carbons (Fsp3) is 0.250. The molecule has 8 nitrogen and oxygen atoms in total. The molecule has 1 amide bonds. The van der Waals surface area contributed by atoms with Crippen molar-refractivity contribution in [2.45, 2.75) is 6.54 Å². The van der Waals surface area contributed by atoms with Crippen LogP contribution in [0.25, 0.3) is 5.57 Å². The molecule has 0 saturated carbocycles. The number of hydrogen-bond donors (Lipinski definition) is 1. The Bertz CT molecular complexity index is 1500. The number of aromatic nitrogens is 1. The number of amides is 1. The summed E-state index contributed by atoms with van der Waals surface area (Å²) in [6, 6.07) is 14.0. The smallest absolute Gasteiger partial charge is 0.279 e. The minimum atomic E-state index is -0.418. The van der Waals surface area contributed by atoms with E-state index in [1.807, 2.05) is 0 Å². The highest BCUT2D eigenvalue weighted by atomic mass is 35.5. The average molecular weight is 494 g/mol. The molecule has 0 aliphatic carbocycles. The van der Waals surface area contributed by atoms with E-state index in [9.17, 15) is 9.90 Å². The number of thiazole rings is 1. The topological polar surface area (TPSA) is 103 Å². The maximum absolute atomic E-state index is 12.8. The lowest BCUT2D eigenvalue weighted by atomic mass is 10.1. The highest BCUT2D eigenvalue weighted by Gasteiger charge is 2.26. The first-order valence-electron chi connectivity index (χ1n) is 10.7. The second-order valence-electron chi connectivity index (χ2n) is 7.87. The van der Waals surface area contributed by atoms with E-state index in [2.05, 4.69) is 16.0 Å². The fourth-order valence-corrected chi connectivity index (χ4v) is 5.24. The molecule has 10 heteroatoms. The van der Waals surface area contributed by atoms with Crippen molar-refractivity contribution in [3.63, 3.8) is 0 Å². The first-order chi connectivity index (χ1) is 16.5. The van der Waals surface area contributed by atoms with Crippen molar-refractivity contribution >= 4 is 40.1 Å². The van der Waals surface area contributed by atoms with Crippen LogP contribution in [0.15, 0.2) is 52.4 Å². The first kappa shape index (κ1) is 22.5. The molecule has 3 aromatic rings. The van der Waals surface area contributed by atoms with Gasteiger partial charge in [-0.2, -0.15) is 5.26 Å². The van der Waals surface area contributed by atoms with Crippen molar-refractivity contribution < 1.29 is 14.6 Å². The lowest BCUT2D eigenvalue weighted by molar-refractivity contribution is -0.112. The molecule has 0 atom stereocenters. The number of morpholine rings is 1. The minimum Gasteiger partial charge on any atom is -0.493 e. The number of halogens is 1. The van der Waals surface area contributed by atoms with Crippen molar-refractivity contribution in [2.75, 3.05) is 32.8 Å². The molecule has 1 N–H and O–H groups in total. The number of carbonyl (C=O) groups is 1. The zero-order chi connectivity index (χ0) is 23.7. The van der Waals surface area contributed by atoms with Crippen LogP contribution >= 0.6 is 22.9 Å². The second-order valence-corrected chi connectivity index (χ2v) is 9.28. The third kappa shape index (κ3) is 4.41. The highest BCUT2D eigenvalue weighted by molar-refractivity contribution is 7.11. The molecule has 172 valence electrons. The van der Waals surface area contributed by atoms with Gasteiger partial charge in [0, 0.05) is 36.4 Å². The summed E-state index contributed by atoms with van der Waals surface area (Å²) in [7, 11) is 0. The van der Waals surface area contributed by atoms with Crippen molar-refractivity contribution in [1.82, 2.24) is 9.47 Å². The lowest BCUT2D eigenvalue weighted by Gasteiger charge is -2.26. The Morgan fingerprint density at radius 3 is 2.68 bits per heavy atom. The zero-order valence-electron chi connectivity index (χ0n) is 18.1. The Hall–Kier alpha value is -3.29. The van der Waals surface area contributed by atoms with Crippen LogP contribution in [0.5, 0.6) is 5.88 Å². The predicted molar refractivity (Wildman–Crippen MR) is 127 cm³/mol. The fourth-order valence-electron chi connectivity index (χ4n) is 3.95. The van der Waals surface area contributed by atoms with Gasteiger partial charge in [-0.05, 0) is 42.5 Å². The first-order valence-corrected chi connectivity index (χ1v) is 11.9. The summed E-state index contributed by atoms with van der Waals surface area (Å²) in [5.74, 6) is -0.448. The third-order valence-electron chi connectivity index (χ3n) is 5.74. The number of hydrogen-bond acceptors (Lipinski definition) is 7. The summed E-state index contributed by atoms with van der Waals surface area (Å²) in [6.07, 6.45) is 0. The molecule has 34 heavy (non-hydrogen) atoms. The number of rotatable bonds is 5. The van der Waals surface area contributed by atoms with Gasteiger partial charge in [0.1, 0.15) is 4.88 Å². The van der Waals surface area contributed by atoms with Gasteiger partial charge >= 0.3 is 0 Å². The molecule has 1 aromatic heterocycles. The average Bonchev–Trinajstić information content (AvgIpc) is 3.33. The summed E-state index contributed by atoms with van der Waals surface area (Å²) in [6.45, 7) is 4.18. The Morgan fingerprint density at radius 2 is 1.94 bits per heavy atom. The summed E-state index contributed by atoms with van der Waals surface area (Å²) in [5.41, 5.74) is 1.50. The molecule has 1 saturated heterocycles. The van der Waals surface area contributed by atoms with E-state index in [0.29, 0.717) is 68.4 Å².